The number of carbonyl (C=O) groups is 4. The van der Waals surface area contributed by atoms with Crippen LogP contribution in [0.2, 0.25) is 0 Å². The van der Waals surface area contributed by atoms with E-state index in [0.29, 0.717) is 6.47 Å². The molecule has 0 aromatic heterocycles. The zero-order chi connectivity index (χ0) is 29.1. The summed E-state index contributed by atoms with van der Waals surface area (Å²) in [5.74, 6) is -2.81. The molecule has 1 unspecified atom stereocenters. The molecule has 0 amide bonds. The Morgan fingerprint density at radius 3 is 2.13 bits per heavy atom. The molecule has 39 heavy (non-hydrogen) atoms. The Morgan fingerprint density at radius 1 is 1.03 bits per heavy atom. The maximum atomic E-state index is 12.4. The van der Waals surface area contributed by atoms with Crippen molar-refractivity contribution < 1.29 is 52.7 Å². The number of hydrogen-bond acceptors (Lipinski definition) is 11. The highest BCUT2D eigenvalue weighted by Gasteiger charge is 2.79. The van der Waals surface area contributed by atoms with E-state index in [4.69, 9.17) is 28.4 Å². The Morgan fingerprint density at radius 2 is 1.64 bits per heavy atom. The molecule has 220 valence electrons. The highest BCUT2D eigenvalue weighted by molar-refractivity contribution is 5.68. The van der Waals surface area contributed by atoms with Crippen molar-refractivity contribution in [1.29, 1.82) is 0 Å². The van der Waals surface area contributed by atoms with Crippen LogP contribution in [0.4, 0.5) is 0 Å². The largest absolute Gasteiger partial charge is 0.462 e. The first-order valence-corrected chi connectivity index (χ1v) is 13.7. The van der Waals surface area contributed by atoms with Crippen molar-refractivity contribution in [2.45, 2.75) is 121 Å². The molecular weight excluding hydrogens is 512 g/mol. The quantitative estimate of drug-likeness (QED) is 0.223. The summed E-state index contributed by atoms with van der Waals surface area (Å²) in [7, 11) is 0. The van der Waals surface area contributed by atoms with Crippen LogP contribution in [-0.2, 0) is 47.6 Å². The summed E-state index contributed by atoms with van der Waals surface area (Å²) in [6.45, 7) is 13.7. The van der Waals surface area contributed by atoms with Crippen molar-refractivity contribution in [3.8, 4) is 0 Å². The van der Waals surface area contributed by atoms with E-state index in [1.54, 1.807) is 13.8 Å². The SMILES string of the molecule is CC(=O)O[C@H]1[C@H](C(C)C)[C@H]2[C@H]3OC(C)(C[C@](C)(O)[C@@H](OC=O)CC[C@@]3(C)OC(C)=O)[C@H]2[C@]2(CO2)[C@H]1OC(C)=O. The van der Waals surface area contributed by atoms with Crippen LogP contribution < -0.4 is 0 Å². The van der Waals surface area contributed by atoms with Gasteiger partial charge >= 0.3 is 17.9 Å². The molecule has 4 fully saturated rings. The summed E-state index contributed by atoms with van der Waals surface area (Å²) in [5, 5.41) is 11.7. The molecule has 1 spiro atoms. The molecule has 3 heterocycles. The summed E-state index contributed by atoms with van der Waals surface area (Å²) in [4.78, 5) is 48.5. The first-order valence-electron chi connectivity index (χ1n) is 13.7. The van der Waals surface area contributed by atoms with E-state index in [9.17, 15) is 24.3 Å². The third-order valence-electron chi connectivity index (χ3n) is 9.27. The van der Waals surface area contributed by atoms with E-state index in [-0.39, 0.29) is 43.6 Å². The third-order valence-corrected chi connectivity index (χ3v) is 9.27. The number of rotatable bonds is 6. The molecule has 3 aliphatic heterocycles. The van der Waals surface area contributed by atoms with E-state index in [1.165, 1.54) is 20.8 Å². The number of hydrogen-bond donors (Lipinski definition) is 1. The van der Waals surface area contributed by atoms with Crippen LogP contribution in [0.3, 0.4) is 0 Å². The molecule has 11 nitrogen and oxygen atoms in total. The Labute approximate surface area is 229 Å². The minimum Gasteiger partial charge on any atom is -0.462 e. The number of ether oxygens (including phenoxy) is 6. The summed E-state index contributed by atoms with van der Waals surface area (Å²) in [6, 6.07) is 0. The normalized spacial score (nSPS) is 46.8. The topological polar surface area (TPSA) is 147 Å². The van der Waals surface area contributed by atoms with Gasteiger partial charge < -0.3 is 33.5 Å². The van der Waals surface area contributed by atoms with Crippen molar-refractivity contribution in [3.05, 3.63) is 0 Å². The molecular formula is C28H42O11. The van der Waals surface area contributed by atoms with Gasteiger partial charge in [-0.3, -0.25) is 19.2 Å². The third kappa shape index (κ3) is 5.06. The lowest BCUT2D eigenvalue weighted by molar-refractivity contribution is -0.209. The zero-order valence-electron chi connectivity index (χ0n) is 24.1. The molecule has 3 saturated heterocycles. The second-order valence-corrected chi connectivity index (χ2v) is 12.8. The van der Waals surface area contributed by atoms with E-state index >= 15 is 0 Å². The van der Waals surface area contributed by atoms with Gasteiger partial charge in [0.1, 0.15) is 35.1 Å². The van der Waals surface area contributed by atoms with Crippen molar-refractivity contribution >= 4 is 24.4 Å². The minimum atomic E-state index is -1.51. The monoisotopic (exact) mass is 554 g/mol. The second kappa shape index (κ2) is 9.99. The lowest BCUT2D eigenvalue weighted by Gasteiger charge is -2.53. The Kier molecular flexibility index (Phi) is 7.62. The lowest BCUT2D eigenvalue weighted by atomic mass is 9.53. The number of aliphatic hydroxyl groups is 1. The molecule has 0 aromatic rings. The van der Waals surface area contributed by atoms with Crippen LogP contribution in [0, 0.1) is 23.7 Å². The van der Waals surface area contributed by atoms with Crippen molar-refractivity contribution in [2.24, 2.45) is 23.7 Å². The van der Waals surface area contributed by atoms with E-state index in [0.717, 1.165) is 0 Å². The van der Waals surface area contributed by atoms with Gasteiger partial charge in [0.15, 0.2) is 6.10 Å². The van der Waals surface area contributed by atoms with Gasteiger partial charge in [-0.05, 0) is 39.5 Å². The average molecular weight is 555 g/mol. The van der Waals surface area contributed by atoms with Gasteiger partial charge in [-0.1, -0.05) is 13.8 Å². The Hall–Kier alpha value is -2.24. The Balaban J connectivity index is 1.95. The molecule has 2 bridgehead atoms. The van der Waals surface area contributed by atoms with Gasteiger partial charge in [-0.25, -0.2) is 0 Å². The van der Waals surface area contributed by atoms with Crippen molar-refractivity contribution in [1.82, 2.24) is 0 Å². The van der Waals surface area contributed by atoms with Crippen LogP contribution in [0.25, 0.3) is 0 Å². The molecule has 1 aliphatic carbocycles. The molecule has 11 atom stereocenters. The van der Waals surface area contributed by atoms with Gasteiger partial charge in [0.2, 0.25) is 0 Å². The minimum absolute atomic E-state index is 0.0628. The van der Waals surface area contributed by atoms with Crippen LogP contribution in [0.1, 0.15) is 74.7 Å². The summed E-state index contributed by atoms with van der Waals surface area (Å²) in [6.07, 6.45) is -2.80. The molecule has 11 heteroatoms. The highest BCUT2D eigenvalue weighted by atomic mass is 16.7. The summed E-state index contributed by atoms with van der Waals surface area (Å²) < 4.78 is 36.2. The molecule has 4 rings (SSSR count). The zero-order valence-corrected chi connectivity index (χ0v) is 24.1. The maximum Gasteiger partial charge on any atom is 0.303 e. The predicted molar refractivity (Wildman–Crippen MR) is 134 cm³/mol. The van der Waals surface area contributed by atoms with Gasteiger partial charge in [-0.2, -0.15) is 0 Å². The number of epoxide rings is 1. The summed E-state index contributed by atoms with van der Waals surface area (Å²) >= 11 is 0. The van der Waals surface area contributed by atoms with Gasteiger partial charge in [0, 0.05) is 44.9 Å². The van der Waals surface area contributed by atoms with Crippen LogP contribution in [0.5, 0.6) is 0 Å². The van der Waals surface area contributed by atoms with Crippen LogP contribution in [0.15, 0.2) is 0 Å². The first-order chi connectivity index (χ1) is 18.0. The number of esters is 3. The lowest BCUT2D eigenvalue weighted by Crippen LogP contribution is -2.66. The fourth-order valence-corrected chi connectivity index (χ4v) is 8.19. The number of fused-ring (bicyclic) bond motifs is 6. The van der Waals surface area contributed by atoms with Crippen molar-refractivity contribution in [3.63, 3.8) is 0 Å². The Bertz CT molecular complexity index is 1000. The predicted octanol–water partition coefficient (Wildman–Crippen LogP) is 2.09. The van der Waals surface area contributed by atoms with E-state index in [1.807, 2.05) is 20.8 Å². The van der Waals surface area contributed by atoms with E-state index in [2.05, 4.69) is 0 Å². The second-order valence-electron chi connectivity index (χ2n) is 12.8. The first kappa shape index (κ1) is 29.7. The van der Waals surface area contributed by atoms with Gasteiger partial charge in [0.25, 0.3) is 6.47 Å². The van der Waals surface area contributed by atoms with Crippen molar-refractivity contribution in [2.75, 3.05) is 6.61 Å². The van der Waals surface area contributed by atoms with Gasteiger partial charge in [0.05, 0.1) is 12.2 Å². The molecule has 0 aromatic carbocycles. The maximum absolute atomic E-state index is 12.4. The number of carbonyl (C=O) groups excluding carboxylic acids is 4. The fourth-order valence-electron chi connectivity index (χ4n) is 8.19. The molecule has 0 radical (unpaired) electrons. The average Bonchev–Trinajstić information content (AvgIpc) is 3.48. The fraction of sp³-hybridized carbons (Fsp3) is 0.857. The molecule has 4 aliphatic rings. The smallest absolute Gasteiger partial charge is 0.303 e. The molecule has 1 N–H and O–H groups in total. The van der Waals surface area contributed by atoms with E-state index < -0.39 is 70.6 Å². The highest BCUT2D eigenvalue weighted by Crippen LogP contribution is 2.66. The molecule has 1 saturated carbocycles. The standard InChI is InChI=1S/C28H42O11/c1-14(2)19-20-22(28(12-35-28)24(37-16(4)31)21(19)36-15(3)30)27(8)11-25(6,33)18(34-13-29)9-10-26(7,23(20)39-27)38-17(5)32/h13-14,18-24,33H,9-12H2,1-8H3/t18-,19+,20+,21-,22-,23+,24-,25-,26+,27?,28+/m0/s1. The van der Waals surface area contributed by atoms with Crippen LogP contribution >= 0.6 is 0 Å². The summed E-state index contributed by atoms with van der Waals surface area (Å²) in [5.41, 5.74) is -4.84. The van der Waals surface area contributed by atoms with Crippen LogP contribution in [-0.4, -0.2) is 82.9 Å². The van der Waals surface area contributed by atoms with Gasteiger partial charge in [-0.15, -0.1) is 0 Å².